The first-order valence-corrected chi connectivity index (χ1v) is 9.82. The Bertz CT molecular complexity index is 1130. The quantitative estimate of drug-likeness (QED) is 0.616. The molecule has 0 aliphatic carbocycles. The summed E-state index contributed by atoms with van der Waals surface area (Å²) in [4.78, 5) is 11.8. The summed E-state index contributed by atoms with van der Waals surface area (Å²) < 4.78 is 46.1. The minimum absolute atomic E-state index is 0.00351. The molecule has 2 heterocycles. The lowest BCUT2D eigenvalue weighted by Crippen LogP contribution is -2.33. The number of fused-ring (bicyclic) bond motifs is 2. The highest BCUT2D eigenvalue weighted by Crippen LogP contribution is 2.43. The fraction of sp³-hybridized carbons (Fsp3) is 0.286. The zero-order valence-corrected chi connectivity index (χ0v) is 16.7. The molecule has 0 bridgehead atoms. The van der Waals surface area contributed by atoms with E-state index in [2.05, 4.69) is 0 Å². The lowest BCUT2D eigenvalue weighted by Gasteiger charge is -2.31. The Hall–Kier alpha value is -2.45. The zero-order chi connectivity index (χ0) is 20.9. The van der Waals surface area contributed by atoms with E-state index < -0.39 is 17.7 Å². The highest BCUT2D eigenvalue weighted by atomic mass is 32.2. The number of carbonyl (C=O) groups is 1. The number of aliphatic carboxylic acids is 1. The van der Waals surface area contributed by atoms with Crippen molar-refractivity contribution in [3.63, 3.8) is 0 Å². The predicted octanol–water partition coefficient (Wildman–Crippen LogP) is 4.81. The standard InChI is InChI=1S/C21H19F3N2O2S/c1-12-15(16-9-14(22)4-5-18(16)26(12)10-20(27)28)7-13-3-6-19-17(8-13)21(23,24)11-25(2)29-19/h3-6,8-9H,7,10-11H2,1-2H3,(H,27,28). The van der Waals surface area contributed by atoms with Gasteiger partial charge >= 0.3 is 5.97 Å². The van der Waals surface area contributed by atoms with E-state index in [1.54, 1.807) is 36.7 Å². The molecule has 2 aromatic carbocycles. The lowest BCUT2D eigenvalue weighted by atomic mass is 9.98. The first-order chi connectivity index (χ1) is 13.7. The molecule has 1 N–H and O–H groups in total. The van der Waals surface area contributed by atoms with Crippen LogP contribution in [0.15, 0.2) is 41.3 Å². The molecule has 0 spiro atoms. The van der Waals surface area contributed by atoms with Crippen LogP contribution >= 0.6 is 11.9 Å². The summed E-state index contributed by atoms with van der Waals surface area (Å²) in [5.41, 5.74) is 2.71. The van der Waals surface area contributed by atoms with Crippen LogP contribution in [0, 0.1) is 12.7 Å². The first-order valence-electron chi connectivity index (χ1n) is 9.05. The molecule has 1 aliphatic heterocycles. The van der Waals surface area contributed by atoms with E-state index in [4.69, 9.17) is 0 Å². The summed E-state index contributed by atoms with van der Waals surface area (Å²) >= 11 is 1.28. The van der Waals surface area contributed by atoms with Gasteiger partial charge in [-0.1, -0.05) is 6.07 Å². The maximum absolute atomic E-state index is 14.5. The second-order valence-electron chi connectivity index (χ2n) is 7.29. The van der Waals surface area contributed by atoms with Crippen molar-refractivity contribution in [1.82, 2.24) is 8.87 Å². The molecule has 0 fully saturated rings. The third-order valence-corrected chi connectivity index (χ3v) is 6.20. The lowest BCUT2D eigenvalue weighted by molar-refractivity contribution is -0.137. The van der Waals surface area contributed by atoms with E-state index in [-0.39, 0.29) is 18.7 Å². The molecule has 3 aromatic rings. The second kappa shape index (κ2) is 7.11. The molecule has 152 valence electrons. The van der Waals surface area contributed by atoms with Gasteiger partial charge in [-0.25, -0.2) is 8.70 Å². The molecular weight excluding hydrogens is 401 g/mol. The van der Waals surface area contributed by atoms with Crippen LogP contribution in [0.1, 0.15) is 22.4 Å². The minimum Gasteiger partial charge on any atom is -0.480 e. The van der Waals surface area contributed by atoms with Gasteiger partial charge < -0.3 is 9.67 Å². The summed E-state index contributed by atoms with van der Waals surface area (Å²) in [6.07, 6.45) is 0.308. The summed E-state index contributed by atoms with van der Waals surface area (Å²) in [6, 6.07) is 9.20. The number of nitrogens with zero attached hydrogens (tertiary/aromatic N) is 2. The van der Waals surface area contributed by atoms with Gasteiger partial charge in [0.1, 0.15) is 12.4 Å². The van der Waals surface area contributed by atoms with Crippen molar-refractivity contribution in [2.45, 2.75) is 30.7 Å². The zero-order valence-electron chi connectivity index (χ0n) is 15.9. The topological polar surface area (TPSA) is 45.5 Å². The predicted molar refractivity (Wildman–Crippen MR) is 106 cm³/mol. The largest absolute Gasteiger partial charge is 0.480 e. The van der Waals surface area contributed by atoms with Crippen LogP contribution in [-0.2, 0) is 23.7 Å². The molecule has 4 rings (SSSR count). The molecule has 0 saturated heterocycles. The van der Waals surface area contributed by atoms with Crippen molar-refractivity contribution in [1.29, 1.82) is 0 Å². The fourth-order valence-corrected chi connectivity index (χ4v) is 4.91. The normalized spacial score (nSPS) is 16.2. The van der Waals surface area contributed by atoms with E-state index in [1.807, 2.05) is 0 Å². The molecule has 1 aliphatic rings. The molecule has 0 atom stereocenters. The number of alkyl halides is 2. The van der Waals surface area contributed by atoms with Crippen LogP contribution in [0.5, 0.6) is 0 Å². The van der Waals surface area contributed by atoms with Crippen LogP contribution in [0.2, 0.25) is 0 Å². The SMILES string of the molecule is Cc1c(Cc2ccc3c(c2)C(F)(F)CN(C)S3)c2cc(F)ccc2n1CC(=O)O. The number of hydrogen-bond donors (Lipinski definition) is 1. The number of likely N-dealkylation sites (N-methyl/N-ethyl adjacent to an activating group) is 1. The molecule has 4 nitrogen and oxygen atoms in total. The van der Waals surface area contributed by atoms with E-state index in [1.165, 1.54) is 34.5 Å². The van der Waals surface area contributed by atoms with Gasteiger partial charge in [-0.05, 0) is 73.8 Å². The Morgan fingerprint density at radius 1 is 1.24 bits per heavy atom. The Morgan fingerprint density at radius 2 is 2.00 bits per heavy atom. The molecular formula is C21H19F3N2O2S. The van der Waals surface area contributed by atoms with E-state index in [0.717, 1.165) is 5.56 Å². The Kier molecular flexibility index (Phi) is 4.86. The van der Waals surface area contributed by atoms with Crippen LogP contribution < -0.4 is 0 Å². The Labute approximate surface area is 170 Å². The van der Waals surface area contributed by atoms with Gasteiger partial charge in [0.05, 0.1) is 6.54 Å². The van der Waals surface area contributed by atoms with Gasteiger partial charge in [0, 0.05) is 27.1 Å². The fourth-order valence-electron chi connectivity index (χ4n) is 3.91. The highest BCUT2D eigenvalue weighted by molar-refractivity contribution is 7.97. The molecule has 29 heavy (non-hydrogen) atoms. The number of hydrogen-bond acceptors (Lipinski definition) is 3. The van der Waals surface area contributed by atoms with Gasteiger partial charge in [0.2, 0.25) is 0 Å². The number of carboxylic acid groups (broad SMARTS) is 1. The molecule has 0 saturated carbocycles. The van der Waals surface area contributed by atoms with E-state index in [9.17, 15) is 23.1 Å². The van der Waals surface area contributed by atoms with Crippen molar-refractivity contribution in [3.8, 4) is 0 Å². The van der Waals surface area contributed by atoms with E-state index in [0.29, 0.717) is 33.5 Å². The summed E-state index contributed by atoms with van der Waals surface area (Å²) in [5, 5.41) is 9.83. The maximum atomic E-state index is 14.5. The second-order valence-corrected chi connectivity index (χ2v) is 8.54. The van der Waals surface area contributed by atoms with Gasteiger partial charge in [0.25, 0.3) is 5.92 Å². The molecule has 0 radical (unpaired) electrons. The number of aromatic nitrogens is 1. The smallest absolute Gasteiger partial charge is 0.323 e. The van der Waals surface area contributed by atoms with Crippen LogP contribution in [0.4, 0.5) is 13.2 Å². The van der Waals surface area contributed by atoms with Crippen molar-refractivity contribution in [2.75, 3.05) is 13.6 Å². The Balaban J connectivity index is 1.80. The van der Waals surface area contributed by atoms with Gasteiger partial charge in [-0.2, -0.15) is 8.78 Å². The number of benzene rings is 2. The number of rotatable bonds is 4. The van der Waals surface area contributed by atoms with Crippen LogP contribution in [-0.4, -0.2) is 33.5 Å². The maximum Gasteiger partial charge on any atom is 0.323 e. The average molecular weight is 420 g/mol. The van der Waals surface area contributed by atoms with Crippen LogP contribution in [0.25, 0.3) is 10.9 Å². The Morgan fingerprint density at radius 3 is 2.72 bits per heavy atom. The monoisotopic (exact) mass is 420 g/mol. The van der Waals surface area contributed by atoms with Crippen LogP contribution in [0.3, 0.4) is 0 Å². The number of carboxylic acids is 1. The minimum atomic E-state index is -2.95. The first kappa shape index (κ1) is 19.8. The van der Waals surface area contributed by atoms with Crippen molar-refractivity contribution >= 4 is 28.8 Å². The molecule has 1 aromatic heterocycles. The van der Waals surface area contributed by atoms with E-state index >= 15 is 0 Å². The van der Waals surface area contributed by atoms with Crippen molar-refractivity contribution in [3.05, 3.63) is 64.6 Å². The summed E-state index contributed by atoms with van der Waals surface area (Å²) in [5.74, 6) is -4.39. The van der Waals surface area contributed by atoms with Gasteiger partial charge in [-0.15, -0.1) is 0 Å². The average Bonchev–Trinajstić information content (AvgIpc) is 2.86. The number of halogens is 3. The summed E-state index contributed by atoms with van der Waals surface area (Å²) in [6.45, 7) is 1.16. The van der Waals surface area contributed by atoms with Crippen molar-refractivity contribution < 1.29 is 23.1 Å². The molecule has 8 heteroatoms. The third-order valence-electron chi connectivity index (χ3n) is 5.20. The molecule has 0 unspecified atom stereocenters. The van der Waals surface area contributed by atoms with Gasteiger partial charge in [0.15, 0.2) is 0 Å². The highest BCUT2D eigenvalue weighted by Gasteiger charge is 2.40. The summed E-state index contributed by atoms with van der Waals surface area (Å²) in [7, 11) is 1.63. The third kappa shape index (κ3) is 3.62. The van der Waals surface area contributed by atoms with Gasteiger partial charge in [-0.3, -0.25) is 4.79 Å². The van der Waals surface area contributed by atoms with Crippen molar-refractivity contribution in [2.24, 2.45) is 0 Å². The molecule has 0 amide bonds.